The summed E-state index contributed by atoms with van der Waals surface area (Å²) in [4.78, 5) is 0. The molecule has 0 aliphatic heterocycles. The van der Waals surface area contributed by atoms with Crippen molar-refractivity contribution in [1.29, 1.82) is 0 Å². The Balaban J connectivity index is 1.92. The number of benzene rings is 2. The smallest absolute Gasteiger partial charge is 0.00931 e. The molecule has 2 radical (unpaired) electrons. The maximum atomic E-state index is 3.12. The minimum atomic E-state index is 0.677. The molecule has 2 unspecified atom stereocenters. The predicted octanol–water partition coefficient (Wildman–Crippen LogP) is 4.73. The fourth-order valence-corrected chi connectivity index (χ4v) is 3.22. The summed E-state index contributed by atoms with van der Waals surface area (Å²) in [6, 6.07) is 23.3. The largest absolute Gasteiger partial charge is 0.0581 e. The first kappa shape index (κ1) is 11.5. The summed E-state index contributed by atoms with van der Waals surface area (Å²) in [6.45, 7) is 0. The number of rotatable bonds is 2. The molecule has 90 valence electrons. The lowest BCUT2D eigenvalue weighted by Gasteiger charge is -2.32. The third-order valence-corrected chi connectivity index (χ3v) is 4.11. The van der Waals surface area contributed by atoms with Gasteiger partial charge in [-0.15, -0.1) is 0 Å². The Bertz CT molecular complexity index is 424. The van der Waals surface area contributed by atoms with E-state index in [1.165, 1.54) is 36.8 Å². The second-order valence-corrected chi connectivity index (χ2v) is 5.16. The molecule has 0 aromatic heterocycles. The van der Waals surface area contributed by atoms with Crippen molar-refractivity contribution in [3.05, 3.63) is 71.8 Å². The van der Waals surface area contributed by atoms with E-state index < -0.39 is 0 Å². The molecule has 0 N–H and O–H groups in total. The summed E-state index contributed by atoms with van der Waals surface area (Å²) in [6.07, 6.45) is 5.35. The van der Waals surface area contributed by atoms with E-state index in [9.17, 15) is 0 Å². The molecule has 1 aliphatic carbocycles. The highest BCUT2D eigenvalue weighted by atomic mass is 14.3. The van der Waals surface area contributed by atoms with Gasteiger partial charge in [0.05, 0.1) is 0 Å². The van der Waals surface area contributed by atoms with Crippen LogP contribution in [0.25, 0.3) is 0 Å². The predicted molar refractivity (Wildman–Crippen MR) is 74.5 cm³/mol. The van der Waals surface area contributed by atoms with Gasteiger partial charge in [-0.1, -0.05) is 61.4 Å². The average molecular weight is 234 g/mol. The summed E-state index contributed by atoms with van der Waals surface area (Å²) < 4.78 is 0. The van der Waals surface area contributed by atoms with Gasteiger partial charge >= 0.3 is 0 Å². The van der Waals surface area contributed by atoms with Gasteiger partial charge in [-0.25, -0.2) is 0 Å². The molecule has 3 rings (SSSR count). The van der Waals surface area contributed by atoms with Crippen LogP contribution in [-0.4, -0.2) is 0 Å². The molecule has 1 aliphatic rings. The second kappa shape index (κ2) is 5.39. The quantitative estimate of drug-likeness (QED) is 0.704. The lowest BCUT2D eigenvalue weighted by Crippen LogP contribution is -2.16. The van der Waals surface area contributed by atoms with Crippen molar-refractivity contribution in [3.63, 3.8) is 0 Å². The first-order valence-corrected chi connectivity index (χ1v) is 6.87. The van der Waals surface area contributed by atoms with Crippen molar-refractivity contribution >= 4 is 0 Å². The van der Waals surface area contributed by atoms with Crippen LogP contribution in [0.3, 0.4) is 0 Å². The zero-order valence-electron chi connectivity index (χ0n) is 10.6. The standard InChI is InChI=1S/C18H18/c1-3-9-15(10-4-1)17-13-7-8-14-18(17)16-11-5-2-6-12-16/h3-6,9-12,17-18H,7-8,13-14H2. The molecule has 2 atom stereocenters. The Morgan fingerprint density at radius 3 is 1.44 bits per heavy atom. The Kier molecular flexibility index (Phi) is 3.45. The van der Waals surface area contributed by atoms with Gasteiger partial charge < -0.3 is 0 Å². The monoisotopic (exact) mass is 234 g/mol. The highest BCUT2D eigenvalue weighted by Gasteiger charge is 2.27. The normalized spacial score (nSPS) is 23.8. The van der Waals surface area contributed by atoms with Gasteiger partial charge in [-0.05, 0) is 47.9 Å². The fourth-order valence-electron chi connectivity index (χ4n) is 3.22. The van der Waals surface area contributed by atoms with Crippen LogP contribution in [0.5, 0.6) is 0 Å². The van der Waals surface area contributed by atoms with Crippen molar-refractivity contribution in [2.45, 2.75) is 37.5 Å². The molecule has 0 nitrogen and oxygen atoms in total. The Labute approximate surface area is 110 Å². The van der Waals surface area contributed by atoms with Crippen molar-refractivity contribution in [2.75, 3.05) is 0 Å². The molecule has 0 amide bonds. The Morgan fingerprint density at radius 2 is 1.06 bits per heavy atom. The molecular formula is C18H18. The van der Waals surface area contributed by atoms with Crippen molar-refractivity contribution in [1.82, 2.24) is 0 Å². The van der Waals surface area contributed by atoms with Gasteiger partial charge in [0.2, 0.25) is 0 Å². The van der Waals surface area contributed by atoms with Crippen LogP contribution in [0.1, 0.15) is 48.6 Å². The van der Waals surface area contributed by atoms with Gasteiger partial charge in [0.1, 0.15) is 0 Å². The molecular weight excluding hydrogens is 216 g/mol. The van der Waals surface area contributed by atoms with Crippen molar-refractivity contribution in [2.24, 2.45) is 0 Å². The minimum Gasteiger partial charge on any atom is -0.0581 e. The van der Waals surface area contributed by atoms with Gasteiger partial charge in [-0.2, -0.15) is 0 Å². The molecule has 2 aromatic carbocycles. The molecule has 0 heterocycles. The van der Waals surface area contributed by atoms with E-state index in [0.29, 0.717) is 11.8 Å². The molecule has 0 spiro atoms. The Hall–Kier alpha value is -1.56. The van der Waals surface area contributed by atoms with Crippen molar-refractivity contribution < 1.29 is 0 Å². The summed E-state index contributed by atoms with van der Waals surface area (Å²) in [5.74, 6) is 1.35. The van der Waals surface area contributed by atoms with E-state index in [1.807, 2.05) is 24.3 Å². The average Bonchev–Trinajstić information content (AvgIpc) is 2.49. The fraction of sp³-hybridized carbons (Fsp3) is 0.333. The number of hydrogen-bond acceptors (Lipinski definition) is 0. The van der Waals surface area contributed by atoms with Gasteiger partial charge in [0.25, 0.3) is 0 Å². The molecule has 2 aromatic rings. The van der Waals surface area contributed by atoms with Crippen LogP contribution in [0.15, 0.2) is 48.5 Å². The van der Waals surface area contributed by atoms with E-state index in [4.69, 9.17) is 0 Å². The van der Waals surface area contributed by atoms with Crippen LogP contribution in [0.4, 0.5) is 0 Å². The molecule has 0 saturated heterocycles. The summed E-state index contributed by atoms with van der Waals surface area (Å²) in [5.41, 5.74) is 2.96. The Morgan fingerprint density at radius 1 is 0.667 bits per heavy atom. The third kappa shape index (κ3) is 2.33. The minimum absolute atomic E-state index is 0.677. The van der Waals surface area contributed by atoms with E-state index in [-0.39, 0.29) is 0 Å². The van der Waals surface area contributed by atoms with Crippen LogP contribution >= 0.6 is 0 Å². The third-order valence-electron chi connectivity index (χ3n) is 4.11. The van der Waals surface area contributed by atoms with E-state index in [0.717, 1.165) is 0 Å². The first-order valence-electron chi connectivity index (χ1n) is 6.87. The lowest BCUT2D eigenvalue weighted by molar-refractivity contribution is 0.386. The lowest BCUT2D eigenvalue weighted by atomic mass is 9.72. The zero-order valence-corrected chi connectivity index (χ0v) is 10.6. The number of hydrogen-bond donors (Lipinski definition) is 0. The topological polar surface area (TPSA) is 0 Å². The van der Waals surface area contributed by atoms with Crippen molar-refractivity contribution in [3.8, 4) is 0 Å². The molecule has 1 saturated carbocycles. The molecule has 0 heteroatoms. The highest BCUT2D eigenvalue weighted by molar-refractivity contribution is 5.28. The molecule has 1 fully saturated rings. The van der Waals surface area contributed by atoms with Crippen LogP contribution in [0.2, 0.25) is 0 Å². The van der Waals surface area contributed by atoms with Gasteiger partial charge in [-0.3, -0.25) is 0 Å². The van der Waals surface area contributed by atoms with Crippen LogP contribution in [0, 0.1) is 12.1 Å². The van der Waals surface area contributed by atoms with Crippen LogP contribution in [-0.2, 0) is 0 Å². The maximum Gasteiger partial charge on any atom is -0.00931 e. The van der Waals surface area contributed by atoms with Gasteiger partial charge in [0.15, 0.2) is 0 Å². The SMILES string of the molecule is [c]1ccc(C2CCCCC2c2cc[c]cc2)cc1. The summed E-state index contributed by atoms with van der Waals surface area (Å²) in [7, 11) is 0. The highest BCUT2D eigenvalue weighted by Crippen LogP contribution is 2.43. The van der Waals surface area contributed by atoms with Gasteiger partial charge in [0, 0.05) is 0 Å². The van der Waals surface area contributed by atoms with E-state index in [1.54, 1.807) is 0 Å². The summed E-state index contributed by atoms with van der Waals surface area (Å²) >= 11 is 0. The first-order chi connectivity index (χ1) is 8.95. The molecule has 18 heavy (non-hydrogen) atoms. The van der Waals surface area contributed by atoms with Crippen LogP contribution < -0.4 is 0 Å². The maximum absolute atomic E-state index is 3.12. The zero-order chi connectivity index (χ0) is 12.2. The molecule has 0 bridgehead atoms. The van der Waals surface area contributed by atoms with E-state index >= 15 is 0 Å². The second-order valence-electron chi connectivity index (χ2n) is 5.16. The summed E-state index contributed by atoms with van der Waals surface area (Å²) in [5, 5.41) is 0. The van der Waals surface area contributed by atoms with E-state index in [2.05, 4.69) is 36.4 Å².